The number of nitrogens with zero attached hydrogens (tertiary/aromatic N) is 2. The quantitative estimate of drug-likeness (QED) is 0.799. The van der Waals surface area contributed by atoms with Crippen LogP contribution in [0.3, 0.4) is 0 Å². The first kappa shape index (κ1) is 14.9. The van der Waals surface area contributed by atoms with E-state index in [1.54, 1.807) is 12.1 Å². The Hall–Kier alpha value is -2.53. The third kappa shape index (κ3) is 4.81. The average molecular weight is 283 g/mol. The Balaban J connectivity index is 1.91. The van der Waals surface area contributed by atoms with Crippen LogP contribution < -0.4 is 5.73 Å². The van der Waals surface area contributed by atoms with Gasteiger partial charge in [0.05, 0.1) is 12.2 Å². The van der Waals surface area contributed by atoms with Gasteiger partial charge in [-0.05, 0) is 29.7 Å². The van der Waals surface area contributed by atoms with Crippen molar-refractivity contribution in [1.82, 2.24) is 0 Å². The highest BCUT2D eigenvalue weighted by atomic mass is 16.4. The molecule has 5 heteroatoms. The second-order valence-electron chi connectivity index (χ2n) is 4.70. The lowest BCUT2D eigenvalue weighted by Gasteiger charge is -2.05. The van der Waals surface area contributed by atoms with Crippen LogP contribution in [0.5, 0.6) is 0 Å². The molecule has 0 aromatic heterocycles. The minimum absolute atomic E-state index is 0.302. The van der Waals surface area contributed by atoms with Gasteiger partial charge in [0, 0.05) is 0 Å². The summed E-state index contributed by atoms with van der Waals surface area (Å²) in [5.41, 5.74) is 8.19. The van der Waals surface area contributed by atoms with Gasteiger partial charge in [-0.1, -0.05) is 42.5 Å². The molecule has 0 saturated heterocycles. The molecule has 1 atom stereocenters. The SMILES string of the molecule is N[C@@H](Cc1ccc(N=NCc2ccccc2)cc1)C(=O)O. The van der Waals surface area contributed by atoms with Crippen molar-refractivity contribution in [2.45, 2.75) is 19.0 Å². The van der Waals surface area contributed by atoms with Crippen molar-refractivity contribution in [3.63, 3.8) is 0 Å². The van der Waals surface area contributed by atoms with E-state index in [2.05, 4.69) is 10.2 Å². The van der Waals surface area contributed by atoms with Crippen LogP contribution >= 0.6 is 0 Å². The predicted molar refractivity (Wildman–Crippen MR) is 80.4 cm³/mol. The molecule has 0 fully saturated rings. The fourth-order valence-corrected chi connectivity index (χ4v) is 1.82. The van der Waals surface area contributed by atoms with Gasteiger partial charge in [0.15, 0.2) is 0 Å². The van der Waals surface area contributed by atoms with Crippen molar-refractivity contribution in [3.8, 4) is 0 Å². The minimum Gasteiger partial charge on any atom is -0.480 e. The Labute approximate surface area is 123 Å². The molecule has 0 saturated carbocycles. The fraction of sp³-hybridized carbons (Fsp3) is 0.188. The normalized spacial score (nSPS) is 12.4. The summed E-state index contributed by atoms with van der Waals surface area (Å²) in [6.07, 6.45) is 0.302. The zero-order chi connectivity index (χ0) is 15.1. The van der Waals surface area contributed by atoms with E-state index in [-0.39, 0.29) is 0 Å². The number of hydrogen-bond donors (Lipinski definition) is 2. The monoisotopic (exact) mass is 283 g/mol. The van der Waals surface area contributed by atoms with Crippen LogP contribution in [0.25, 0.3) is 0 Å². The molecule has 0 bridgehead atoms. The lowest BCUT2D eigenvalue weighted by atomic mass is 10.1. The average Bonchev–Trinajstić information content (AvgIpc) is 2.50. The Morgan fingerprint density at radius 3 is 2.33 bits per heavy atom. The van der Waals surface area contributed by atoms with Crippen molar-refractivity contribution >= 4 is 11.7 Å². The zero-order valence-corrected chi connectivity index (χ0v) is 11.5. The molecule has 0 aliphatic carbocycles. The highest BCUT2D eigenvalue weighted by molar-refractivity contribution is 5.73. The van der Waals surface area contributed by atoms with Crippen LogP contribution in [0.2, 0.25) is 0 Å². The number of rotatable bonds is 6. The zero-order valence-electron chi connectivity index (χ0n) is 11.5. The summed E-state index contributed by atoms with van der Waals surface area (Å²) in [6.45, 7) is 0.534. The molecule has 0 aliphatic heterocycles. The second kappa shape index (κ2) is 7.31. The standard InChI is InChI=1S/C16H17N3O2/c17-15(16(20)21)10-12-6-8-14(9-7-12)19-18-11-13-4-2-1-3-5-13/h1-9,15H,10-11,17H2,(H,20,21)/t15-/m0/s1. The maximum Gasteiger partial charge on any atom is 0.320 e. The molecule has 2 aromatic rings. The molecular weight excluding hydrogens is 266 g/mol. The Morgan fingerprint density at radius 2 is 1.71 bits per heavy atom. The van der Waals surface area contributed by atoms with Gasteiger partial charge in [-0.3, -0.25) is 4.79 Å². The summed E-state index contributed by atoms with van der Waals surface area (Å²) in [5.74, 6) is -0.998. The molecule has 0 unspecified atom stereocenters. The Bertz CT molecular complexity index is 609. The molecule has 0 amide bonds. The van der Waals surface area contributed by atoms with Crippen LogP contribution in [0.4, 0.5) is 5.69 Å². The number of benzene rings is 2. The van der Waals surface area contributed by atoms with Crippen molar-refractivity contribution in [3.05, 3.63) is 65.7 Å². The van der Waals surface area contributed by atoms with Gasteiger partial charge >= 0.3 is 5.97 Å². The number of carbonyl (C=O) groups is 1. The summed E-state index contributed by atoms with van der Waals surface area (Å²) in [7, 11) is 0. The number of nitrogens with two attached hydrogens (primary N) is 1. The van der Waals surface area contributed by atoms with Gasteiger partial charge in [0.25, 0.3) is 0 Å². The first-order valence-electron chi connectivity index (χ1n) is 6.64. The summed E-state index contributed by atoms with van der Waals surface area (Å²) >= 11 is 0. The van der Waals surface area contributed by atoms with Gasteiger partial charge in [-0.2, -0.15) is 10.2 Å². The summed E-state index contributed by atoms with van der Waals surface area (Å²) in [5, 5.41) is 17.0. The molecule has 2 rings (SSSR count). The molecule has 0 spiro atoms. The third-order valence-electron chi connectivity index (χ3n) is 2.99. The first-order valence-corrected chi connectivity index (χ1v) is 6.64. The van der Waals surface area contributed by atoms with Gasteiger partial charge in [0.1, 0.15) is 6.04 Å². The summed E-state index contributed by atoms with van der Waals surface area (Å²) in [4.78, 5) is 10.7. The van der Waals surface area contributed by atoms with Crippen LogP contribution in [0, 0.1) is 0 Å². The Kier molecular flexibility index (Phi) is 5.17. The molecule has 2 aromatic carbocycles. The van der Waals surface area contributed by atoms with Crippen LogP contribution in [-0.2, 0) is 17.8 Å². The van der Waals surface area contributed by atoms with Crippen molar-refractivity contribution in [2.24, 2.45) is 16.0 Å². The summed E-state index contributed by atoms with van der Waals surface area (Å²) < 4.78 is 0. The maximum atomic E-state index is 10.7. The van der Waals surface area contributed by atoms with E-state index in [0.717, 1.165) is 16.8 Å². The lowest BCUT2D eigenvalue weighted by Crippen LogP contribution is -2.32. The fourth-order valence-electron chi connectivity index (χ4n) is 1.82. The lowest BCUT2D eigenvalue weighted by molar-refractivity contribution is -0.138. The Morgan fingerprint density at radius 1 is 1.05 bits per heavy atom. The molecule has 0 radical (unpaired) electrons. The molecule has 3 N–H and O–H groups in total. The number of carboxylic acids is 1. The smallest absolute Gasteiger partial charge is 0.320 e. The minimum atomic E-state index is -0.998. The van der Waals surface area contributed by atoms with E-state index >= 15 is 0 Å². The van der Waals surface area contributed by atoms with Crippen molar-refractivity contribution < 1.29 is 9.90 Å². The number of carboxylic acid groups (broad SMARTS) is 1. The summed E-state index contributed by atoms with van der Waals surface area (Å²) in [6, 6.07) is 16.2. The molecule has 5 nitrogen and oxygen atoms in total. The second-order valence-corrected chi connectivity index (χ2v) is 4.70. The topological polar surface area (TPSA) is 88.0 Å². The number of hydrogen-bond acceptors (Lipinski definition) is 4. The van der Waals surface area contributed by atoms with E-state index in [1.807, 2.05) is 42.5 Å². The van der Waals surface area contributed by atoms with Gasteiger partial charge in [-0.25, -0.2) is 0 Å². The molecule has 21 heavy (non-hydrogen) atoms. The van der Waals surface area contributed by atoms with E-state index in [0.29, 0.717) is 13.0 Å². The van der Waals surface area contributed by atoms with Crippen LogP contribution in [-0.4, -0.2) is 17.1 Å². The molecule has 0 heterocycles. The van der Waals surface area contributed by atoms with E-state index in [4.69, 9.17) is 10.8 Å². The van der Waals surface area contributed by atoms with Gasteiger partial charge in [-0.15, -0.1) is 0 Å². The third-order valence-corrected chi connectivity index (χ3v) is 2.99. The van der Waals surface area contributed by atoms with Gasteiger partial charge < -0.3 is 10.8 Å². The molecule has 108 valence electrons. The van der Waals surface area contributed by atoms with Crippen molar-refractivity contribution in [1.29, 1.82) is 0 Å². The number of aliphatic carboxylic acids is 1. The molecular formula is C16H17N3O2. The van der Waals surface area contributed by atoms with E-state index < -0.39 is 12.0 Å². The van der Waals surface area contributed by atoms with Crippen LogP contribution in [0.1, 0.15) is 11.1 Å². The van der Waals surface area contributed by atoms with E-state index in [9.17, 15) is 4.79 Å². The largest absolute Gasteiger partial charge is 0.480 e. The predicted octanol–water partition coefficient (Wildman–Crippen LogP) is 2.92. The highest BCUT2D eigenvalue weighted by Gasteiger charge is 2.11. The maximum absolute atomic E-state index is 10.7. The number of azo groups is 1. The van der Waals surface area contributed by atoms with E-state index in [1.165, 1.54) is 0 Å². The van der Waals surface area contributed by atoms with Crippen LogP contribution in [0.15, 0.2) is 64.8 Å². The highest BCUT2D eigenvalue weighted by Crippen LogP contribution is 2.15. The molecule has 0 aliphatic rings. The van der Waals surface area contributed by atoms with Crippen molar-refractivity contribution in [2.75, 3.05) is 0 Å². The first-order chi connectivity index (χ1) is 10.1. The van der Waals surface area contributed by atoms with Gasteiger partial charge in [0.2, 0.25) is 0 Å².